The van der Waals surface area contributed by atoms with Crippen molar-refractivity contribution in [2.24, 2.45) is 21.7 Å². The molecule has 0 amide bonds. The highest BCUT2D eigenvalue weighted by atomic mass is 16.5. The lowest BCUT2D eigenvalue weighted by Gasteiger charge is -1.95. The van der Waals surface area contributed by atoms with E-state index < -0.39 is 0 Å². The first-order chi connectivity index (χ1) is 15.7. The van der Waals surface area contributed by atoms with Crippen molar-refractivity contribution in [3.8, 4) is 0 Å². The first-order valence-electron chi connectivity index (χ1n) is 10.6. The summed E-state index contributed by atoms with van der Waals surface area (Å²) in [4.78, 5) is 5.07. The van der Waals surface area contributed by atoms with Gasteiger partial charge in [0.05, 0.1) is 52.9 Å². The Morgan fingerprint density at radius 3 is 1.28 bits per heavy atom. The molecule has 0 rings (SSSR count). The molecule has 0 aromatic rings. The quantitative estimate of drug-likeness (QED) is 0.0990. The molecule has 14 heteroatoms. The van der Waals surface area contributed by atoms with E-state index in [0.717, 1.165) is 26.1 Å². The Bertz CT molecular complexity index is 342. The van der Waals surface area contributed by atoms with E-state index in [0.29, 0.717) is 65.8 Å². The molecule has 32 heavy (non-hydrogen) atoms. The van der Waals surface area contributed by atoms with Gasteiger partial charge in [-0.25, -0.2) is 0 Å². The molecule has 0 saturated heterocycles. The Morgan fingerprint density at radius 2 is 0.969 bits per heavy atom. The van der Waals surface area contributed by atoms with Gasteiger partial charge in [-0.3, -0.25) is 0 Å². The van der Waals surface area contributed by atoms with Crippen LogP contribution in [0.2, 0.25) is 0 Å². The lowest BCUT2D eigenvalue weighted by atomic mass is 10.5. The van der Waals surface area contributed by atoms with Crippen LogP contribution < -0.4 is 11.5 Å². The zero-order valence-corrected chi connectivity index (χ0v) is 19.7. The molecule has 0 unspecified atom stereocenters. The van der Waals surface area contributed by atoms with Gasteiger partial charge < -0.3 is 40.6 Å². The molecule has 0 atom stereocenters. The highest BCUT2D eigenvalue weighted by Gasteiger charge is 1.84. The summed E-state index contributed by atoms with van der Waals surface area (Å²) in [5.41, 5.74) is 25.9. The summed E-state index contributed by atoms with van der Waals surface area (Å²) >= 11 is 0. The number of ether oxygens (including phenoxy) is 4. The van der Waals surface area contributed by atoms with E-state index in [1.165, 1.54) is 0 Å². The summed E-state index contributed by atoms with van der Waals surface area (Å²) < 4.78 is 19.6. The highest BCUT2D eigenvalue weighted by molar-refractivity contribution is 4.46. The molecular formula is C18H44N8O6. The standard InChI is InChI=1S/C6H14O.C4H8N6O.C4H12N2O.C4H10O3/c1-3-5-7-6-4-2;5-9-7-1-3-11-4-2-8-10-6;2*5-1-3-7-4-2-6/h3-6H2,1-2H3;1-4H2;1-6H2;5-6H,1-4H2. The van der Waals surface area contributed by atoms with Gasteiger partial charge in [-0.15, -0.1) is 0 Å². The minimum Gasteiger partial charge on any atom is -0.394 e. The van der Waals surface area contributed by atoms with Gasteiger partial charge in [0.2, 0.25) is 0 Å². The maximum absolute atomic E-state index is 8.09. The van der Waals surface area contributed by atoms with Crippen molar-refractivity contribution in [2.45, 2.75) is 26.7 Å². The fourth-order valence-electron chi connectivity index (χ4n) is 1.29. The lowest BCUT2D eigenvalue weighted by molar-refractivity contribution is 0.0650. The number of hydrogen-bond acceptors (Lipinski definition) is 10. The maximum atomic E-state index is 8.09. The van der Waals surface area contributed by atoms with Gasteiger partial charge in [0, 0.05) is 49.2 Å². The van der Waals surface area contributed by atoms with Gasteiger partial charge in [-0.1, -0.05) is 24.1 Å². The number of rotatable bonds is 18. The van der Waals surface area contributed by atoms with Crippen molar-refractivity contribution in [2.75, 3.05) is 92.2 Å². The largest absolute Gasteiger partial charge is 0.394 e. The van der Waals surface area contributed by atoms with Crippen LogP contribution in [0.1, 0.15) is 26.7 Å². The summed E-state index contributed by atoms with van der Waals surface area (Å²) in [6.45, 7) is 10.6. The van der Waals surface area contributed by atoms with Gasteiger partial charge in [0.15, 0.2) is 0 Å². The molecule has 0 aliphatic rings. The molecule has 0 aliphatic heterocycles. The van der Waals surface area contributed by atoms with Crippen molar-refractivity contribution in [1.29, 1.82) is 0 Å². The smallest absolute Gasteiger partial charge is 0.0698 e. The number of nitrogens with zero attached hydrogens (tertiary/aromatic N) is 6. The predicted molar refractivity (Wildman–Crippen MR) is 124 cm³/mol. The molecule has 0 heterocycles. The van der Waals surface area contributed by atoms with Crippen LogP contribution in [0, 0.1) is 0 Å². The Balaban J connectivity index is -0.000000167. The molecule has 0 aromatic carbocycles. The van der Waals surface area contributed by atoms with Crippen LogP contribution in [-0.4, -0.2) is 102 Å². The second-order valence-corrected chi connectivity index (χ2v) is 5.38. The van der Waals surface area contributed by atoms with Crippen molar-refractivity contribution >= 4 is 0 Å². The Labute approximate surface area is 191 Å². The number of nitrogens with two attached hydrogens (primary N) is 2. The van der Waals surface area contributed by atoms with Gasteiger partial charge in [-0.05, 0) is 23.9 Å². The summed E-state index contributed by atoms with van der Waals surface area (Å²) in [5, 5.41) is 22.7. The SMILES string of the molecule is CCCOCCC.NCCOCCN.OCCOCCO.[N-]=[N+]=NCCOCCN=[N+]=[N-]. The van der Waals surface area contributed by atoms with E-state index in [4.69, 9.17) is 47.0 Å². The van der Waals surface area contributed by atoms with E-state index in [-0.39, 0.29) is 13.2 Å². The monoisotopic (exact) mass is 468 g/mol. The van der Waals surface area contributed by atoms with Crippen LogP contribution >= 0.6 is 0 Å². The van der Waals surface area contributed by atoms with Crippen LogP contribution in [0.3, 0.4) is 0 Å². The third-order valence-electron chi connectivity index (χ3n) is 2.49. The summed E-state index contributed by atoms with van der Waals surface area (Å²) in [6, 6.07) is 0. The highest BCUT2D eigenvalue weighted by Crippen LogP contribution is 1.81. The molecule has 0 spiro atoms. The number of aliphatic hydroxyl groups excluding tert-OH is 2. The van der Waals surface area contributed by atoms with Crippen molar-refractivity contribution in [3.05, 3.63) is 20.9 Å². The minimum absolute atomic E-state index is 0.0278. The lowest BCUT2D eigenvalue weighted by Crippen LogP contribution is -2.13. The van der Waals surface area contributed by atoms with Gasteiger partial charge in [0.25, 0.3) is 0 Å². The Kier molecular flexibility index (Phi) is 55.5. The van der Waals surface area contributed by atoms with E-state index in [1.54, 1.807) is 0 Å². The average molecular weight is 469 g/mol. The topological polar surface area (TPSA) is 227 Å². The third-order valence-corrected chi connectivity index (χ3v) is 2.49. The van der Waals surface area contributed by atoms with Crippen LogP contribution in [0.15, 0.2) is 10.2 Å². The Hall–Kier alpha value is -1.70. The average Bonchev–Trinajstić information content (AvgIpc) is 2.81. The molecule has 14 nitrogen and oxygen atoms in total. The molecule has 0 saturated carbocycles. The fraction of sp³-hybridized carbons (Fsp3) is 1.00. The molecule has 0 bridgehead atoms. The van der Waals surface area contributed by atoms with Crippen molar-refractivity contribution < 1.29 is 29.2 Å². The molecule has 192 valence electrons. The van der Waals surface area contributed by atoms with E-state index >= 15 is 0 Å². The van der Waals surface area contributed by atoms with E-state index in [2.05, 4.69) is 38.6 Å². The van der Waals surface area contributed by atoms with Crippen molar-refractivity contribution in [1.82, 2.24) is 0 Å². The summed E-state index contributed by atoms with van der Waals surface area (Å²) in [7, 11) is 0. The van der Waals surface area contributed by atoms with Crippen LogP contribution in [0.4, 0.5) is 0 Å². The number of aliphatic hydroxyl groups is 2. The van der Waals surface area contributed by atoms with Crippen LogP contribution in [0.25, 0.3) is 20.9 Å². The van der Waals surface area contributed by atoms with Crippen LogP contribution in [0.5, 0.6) is 0 Å². The summed E-state index contributed by atoms with van der Waals surface area (Å²) in [5.74, 6) is 0. The van der Waals surface area contributed by atoms with E-state index in [9.17, 15) is 0 Å². The molecule has 0 aliphatic carbocycles. The second-order valence-electron chi connectivity index (χ2n) is 5.38. The number of hydrogen-bond donors (Lipinski definition) is 4. The zero-order chi connectivity index (χ0) is 25.0. The summed E-state index contributed by atoms with van der Waals surface area (Å²) in [6.07, 6.45) is 2.28. The minimum atomic E-state index is 0.0278. The predicted octanol–water partition coefficient (Wildman–Crippen LogP) is 1.35. The molecule has 0 fully saturated rings. The fourth-order valence-corrected chi connectivity index (χ4v) is 1.29. The molecule has 0 radical (unpaired) electrons. The normalized spacial score (nSPS) is 8.94. The van der Waals surface area contributed by atoms with Crippen LogP contribution in [-0.2, 0) is 18.9 Å². The number of azide groups is 2. The second kappa shape index (κ2) is 47.2. The van der Waals surface area contributed by atoms with E-state index in [1.807, 2.05) is 0 Å². The first-order valence-corrected chi connectivity index (χ1v) is 10.6. The van der Waals surface area contributed by atoms with Gasteiger partial charge in [-0.2, -0.15) is 0 Å². The Morgan fingerprint density at radius 1 is 0.625 bits per heavy atom. The molecule has 0 aromatic heterocycles. The third kappa shape index (κ3) is 63.0. The molecule has 6 N–H and O–H groups in total. The molecular weight excluding hydrogens is 424 g/mol. The first kappa shape index (κ1) is 37.6. The zero-order valence-electron chi connectivity index (χ0n) is 19.7. The van der Waals surface area contributed by atoms with Crippen molar-refractivity contribution in [3.63, 3.8) is 0 Å². The maximum Gasteiger partial charge on any atom is 0.0698 e. The van der Waals surface area contributed by atoms with Gasteiger partial charge in [0.1, 0.15) is 0 Å². The van der Waals surface area contributed by atoms with Gasteiger partial charge >= 0.3 is 0 Å².